The number of hydrogen-bond acceptors (Lipinski definition) is 6. The zero-order valence-corrected chi connectivity index (χ0v) is 16.3. The predicted molar refractivity (Wildman–Crippen MR) is 101 cm³/mol. The van der Waals surface area contributed by atoms with Crippen LogP contribution < -0.4 is 15.2 Å². The third kappa shape index (κ3) is 3.08. The number of nitrogens with two attached hydrogens (primary N) is 1. The highest BCUT2D eigenvalue weighted by Crippen LogP contribution is 2.56. The fourth-order valence-corrected chi connectivity index (χ4v) is 6.12. The average Bonchev–Trinajstić information content (AvgIpc) is 3.03. The molecule has 1 aliphatic carbocycles. The van der Waals surface area contributed by atoms with Gasteiger partial charge in [0.25, 0.3) is 0 Å². The Morgan fingerprint density at radius 2 is 1.89 bits per heavy atom. The van der Waals surface area contributed by atoms with Crippen molar-refractivity contribution < 1.29 is 22.6 Å². The average molecular weight is 410 g/mol. The third-order valence-corrected chi connectivity index (χ3v) is 7.65. The molecule has 2 aromatic rings. The topological polar surface area (TPSA) is 87.8 Å². The number of fused-ring (bicyclic) bond motifs is 1. The summed E-state index contributed by atoms with van der Waals surface area (Å²) in [7, 11) is -3.67. The molecule has 144 valence electrons. The molecule has 0 unspecified atom stereocenters. The van der Waals surface area contributed by atoms with Crippen LogP contribution in [0.2, 0.25) is 5.02 Å². The molecule has 0 bridgehead atoms. The number of hydrogen-bond donors (Lipinski definition) is 1. The van der Waals surface area contributed by atoms with Crippen molar-refractivity contribution >= 4 is 21.4 Å². The summed E-state index contributed by atoms with van der Waals surface area (Å²) in [5.74, 6) is 0.837. The maximum absolute atomic E-state index is 13.3. The maximum atomic E-state index is 13.3. The van der Waals surface area contributed by atoms with Crippen molar-refractivity contribution in [1.29, 1.82) is 0 Å². The Bertz CT molecular complexity index is 963. The van der Waals surface area contributed by atoms with Gasteiger partial charge in [0.1, 0.15) is 0 Å². The number of halogens is 1. The van der Waals surface area contributed by atoms with E-state index in [1.54, 1.807) is 24.3 Å². The Balaban J connectivity index is 1.72. The number of benzene rings is 2. The molecule has 0 amide bonds. The van der Waals surface area contributed by atoms with Crippen molar-refractivity contribution in [2.45, 2.75) is 28.5 Å². The second kappa shape index (κ2) is 6.67. The van der Waals surface area contributed by atoms with Gasteiger partial charge in [0.05, 0.1) is 22.3 Å². The fraction of sp³-hybridized carbons (Fsp3) is 0.368. The molecular formula is C19H20ClNO5S. The van der Waals surface area contributed by atoms with Gasteiger partial charge in [-0.1, -0.05) is 17.7 Å². The Morgan fingerprint density at radius 1 is 1.19 bits per heavy atom. The second-order valence-corrected chi connectivity index (χ2v) is 9.27. The molecule has 3 atom stereocenters. The van der Waals surface area contributed by atoms with Crippen LogP contribution in [0.1, 0.15) is 18.4 Å². The van der Waals surface area contributed by atoms with E-state index in [1.807, 2.05) is 13.0 Å². The van der Waals surface area contributed by atoms with Gasteiger partial charge >= 0.3 is 0 Å². The summed E-state index contributed by atoms with van der Waals surface area (Å²) in [6.07, 6.45) is 0. The molecule has 8 heteroatoms. The summed E-state index contributed by atoms with van der Waals surface area (Å²) in [4.78, 5) is 0.200. The van der Waals surface area contributed by atoms with Crippen molar-refractivity contribution in [3.63, 3.8) is 0 Å². The largest absolute Gasteiger partial charge is 0.454 e. The first-order valence-corrected chi connectivity index (χ1v) is 10.6. The summed E-state index contributed by atoms with van der Waals surface area (Å²) in [6, 6.07) is 11.6. The normalized spacial score (nSPS) is 26.2. The van der Waals surface area contributed by atoms with E-state index in [-0.39, 0.29) is 18.3 Å². The van der Waals surface area contributed by atoms with Crippen LogP contribution >= 0.6 is 11.6 Å². The fourth-order valence-electron chi connectivity index (χ4n) is 3.70. The van der Waals surface area contributed by atoms with Crippen molar-refractivity contribution in [1.82, 2.24) is 0 Å². The van der Waals surface area contributed by atoms with Crippen LogP contribution in [0.25, 0.3) is 0 Å². The molecule has 1 fully saturated rings. The van der Waals surface area contributed by atoms with E-state index in [1.165, 1.54) is 12.1 Å². The van der Waals surface area contributed by atoms with Gasteiger partial charge in [0.2, 0.25) is 6.79 Å². The molecule has 1 saturated carbocycles. The quantitative estimate of drug-likeness (QED) is 0.789. The SMILES string of the molecule is CCOC[C@@]1(N)[C@@H](c2ccc3c(c2)OCO3)[C@@H]1S(=O)(=O)c1ccc(Cl)cc1. The minimum Gasteiger partial charge on any atom is -0.454 e. The Labute approximate surface area is 163 Å². The van der Waals surface area contributed by atoms with E-state index < -0.39 is 26.5 Å². The highest BCUT2D eigenvalue weighted by Gasteiger charge is 2.69. The first-order valence-electron chi connectivity index (χ1n) is 8.63. The summed E-state index contributed by atoms with van der Waals surface area (Å²) < 4.78 is 42.8. The van der Waals surface area contributed by atoms with Crippen LogP contribution in [0.3, 0.4) is 0 Å². The van der Waals surface area contributed by atoms with Crippen LogP contribution in [-0.2, 0) is 14.6 Å². The van der Waals surface area contributed by atoms with Gasteiger partial charge in [0, 0.05) is 17.5 Å². The molecule has 4 rings (SSSR count). The molecule has 27 heavy (non-hydrogen) atoms. The summed E-state index contributed by atoms with van der Waals surface area (Å²) in [5.41, 5.74) is 6.33. The van der Waals surface area contributed by atoms with Gasteiger partial charge in [0.15, 0.2) is 21.3 Å². The second-order valence-electron chi connectivity index (χ2n) is 6.76. The van der Waals surface area contributed by atoms with Crippen LogP contribution in [0, 0.1) is 0 Å². The first-order chi connectivity index (χ1) is 12.9. The van der Waals surface area contributed by atoms with E-state index in [9.17, 15) is 8.42 Å². The molecule has 2 aromatic carbocycles. The van der Waals surface area contributed by atoms with E-state index in [0.29, 0.717) is 23.1 Å². The summed E-state index contributed by atoms with van der Waals surface area (Å²) >= 11 is 5.89. The number of sulfone groups is 1. The lowest BCUT2D eigenvalue weighted by Gasteiger charge is -2.12. The van der Waals surface area contributed by atoms with Crippen LogP contribution in [-0.4, -0.2) is 39.2 Å². The molecule has 1 heterocycles. The molecule has 0 aromatic heterocycles. The smallest absolute Gasteiger partial charge is 0.231 e. The van der Waals surface area contributed by atoms with Gasteiger partial charge < -0.3 is 19.9 Å². The van der Waals surface area contributed by atoms with Crippen molar-refractivity contribution in [3.05, 3.63) is 53.1 Å². The molecular weight excluding hydrogens is 390 g/mol. The van der Waals surface area contributed by atoms with Gasteiger partial charge in [-0.3, -0.25) is 0 Å². The zero-order valence-electron chi connectivity index (χ0n) is 14.7. The van der Waals surface area contributed by atoms with Gasteiger partial charge in [-0.05, 0) is 48.9 Å². The van der Waals surface area contributed by atoms with Crippen molar-refractivity contribution in [2.75, 3.05) is 20.0 Å². The number of rotatable bonds is 6. The molecule has 0 radical (unpaired) electrons. The maximum Gasteiger partial charge on any atom is 0.231 e. The molecule has 6 nitrogen and oxygen atoms in total. The molecule has 2 N–H and O–H groups in total. The van der Waals surface area contributed by atoms with Crippen LogP contribution in [0.15, 0.2) is 47.4 Å². The lowest BCUT2D eigenvalue weighted by Crippen LogP contribution is -2.36. The van der Waals surface area contributed by atoms with Gasteiger partial charge in [-0.15, -0.1) is 0 Å². The highest BCUT2D eigenvalue weighted by atomic mass is 35.5. The standard InChI is InChI=1S/C19H20ClNO5S/c1-2-24-10-19(21)17(12-3-8-15-16(9-12)26-11-25-15)18(19)27(22,23)14-6-4-13(20)5-7-14/h3-9,17-18H,2,10-11,21H2,1H3/t17-,18-,19+/m0/s1. The Kier molecular flexibility index (Phi) is 4.58. The third-order valence-electron chi connectivity index (χ3n) is 5.09. The monoisotopic (exact) mass is 409 g/mol. The molecule has 0 saturated heterocycles. The first kappa shape index (κ1) is 18.6. The zero-order chi connectivity index (χ0) is 19.2. The predicted octanol–water partition coefficient (Wildman–Crippen LogP) is 2.74. The van der Waals surface area contributed by atoms with Gasteiger partial charge in [-0.2, -0.15) is 0 Å². The van der Waals surface area contributed by atoms with Crippen molar-refractivity contribution in [3.8, 4) is 11.5 Å². The minimum atomic E-state index is -3.67. The van der Waals surface area contributed by atoms with Crippen molar-refractivity contribution in [2.24, 2.45) is 5.73 Å². The van der Waals surface area contributed by atoms with Crippen LogP contribution in [0.4, 0.5) is 0 Å². The lowest BCUT2D eigenvalue weighted by molar-refractivity contribution is 0.125. The van der Waals surface area contributed by atoms with E-state index in [2.05, 4.69) is 0 Å². The van der Waals surface area contributed by atoms with E-state index in [4.69, 9.17) is 31.5 Å². The van der Waals surface area contributed by atoms with E-state index >= 15 is 0 Å². The van der Waals surface area contributed by atoms with Crippen LogP contribution in [0.5, 0.6) is 11.5 Å². The van der Waals surface area contributed by atoms with Gasteiger partial charge in [-0.25, -0.2) is 8.42 Å². The Hall–Kier alpha value is -1.80. The minimum absolute atomic E-state index is 0.153. The Morgan fingerprint density at radius 3 is 2.59 bits per heavy atom. The molecule has 0 spiro atoms. The lowest BCUT2D eigenvalue weighted by atomic mass is 10.1. The summed E-state index contributed by atoms with van der Waals surface area (Å²) in [5, 5.41) is -0.316. The molecule has 2 aliphatic rings. The number of ether oxygens (including phenoxy) is 3. The van der Waals surface area contributed by atoms with E-state index in [0.717, 1.165) is 5.56 Å². The molecule has 1 aliphatic heterocycles. The summed E-state index contributed by atoms with van der Waals surface area (Å²) in [6.45, 7) is 2.62. The highest BCUT2D eigenvalue weighted by molar-refractivity contribution is 7.92.